The first-order valence-electron chi connectivity index (χ1n) is 7.91. The lowest BCUT2D eigenvalue weighted by Crippen LogP contribution is -2.40. The van der Waals surface area contributed by atoms with Crippen LogP contribution >= 0.6 is 0 Å². The number of benzene rings is 1. The zero-order valence-corrected chi connectivity index (χ0v) is 12.3. The monoisotopic (exact) mass is 295 g/mol. The number of anilines is 1. The predicted octanol–water partition coefficient (Wildman–Crippen LogP) is 2.25. The fourth-order valence-electron chi connectivity index (χ4n) is 5.01. The molecule has 2 bridgehead atoms. The van der Waals surface area contributed by atoms with Crippen LogP contribution in [0.5, 0.6) is 5.75 Å². The Bertz CT molecular complexity index is 689. The van der Waals surface area contributed by atoms with Crippen LogP contribution in [0, 0.1) is 35.5 Å². The number of hydrogen-bond acceptors (Lipinski definition) is 3. The number of amides is 2. The number of methoxy groups -OCH3 is 1. The topological polar surface area (TPSA) is 46.6 Å². The second kappa shape index (κ2) is 4.00. The van der Waals surface area contributed by atoms with Crippen LogP contribution in [0.4, 0.5) is 5.69 Å². The number of carbonyl (C=O) groups excluding carboxylic acids is 2. The van der Waals surface area contributed by atoms with Gasteiger partial charge in [0.2, 0.25) is 11.8 Å². The number of rotatable bonds is 2. The lowest BCUT2D eigenvalue weighted by atomic mass is 9.63. The lowest BCUT2D eigenvalue weighted by Gasteiger charge is -2.37. The molecule has 1 aliphatic heterocycles. The van der Waals surface area contributed by atoms with E-state index in [1.807, 2.05) is 12.1 Å². The second-order valence-corrected chi connectivity index (χ2v) is 6.84. The largest absolute Gasteiger partial charge is 0.495 e. The summed E-state index contributed by atoms with van der Waals surface area (Å²) in [6, 6.07) is 7.27. The van der Waals surface area contributed by atoms with Gasteiger partial charge < -0.3 is 4.74 Å². The first-order valence-corrected chi connectivity index (χ1v) is 7.91. The van der Waals surface area contributed by atoms with Gasteiger partial charge in [0.05, 0.1) is 24.6 Å². The van der Waals surface area contributed by atoms with Crippen molar-refractivity contribution in [2.24, 2.45) is 35.5 Å². The smallest absolute Gasteiger partial charge is 0.238 e. The SMILES string of the molecule is COc1ccccc1N1C(=O)[C@H]2[C@@H]3C=C[C@@H]([C@H]4C[C@H]34)[C@@H]2C1=O. The summed E-state index contributed by atoms with van der Waals surface area (Å²) in [5, 5.41) is 0. The summed E-state index contributed by atoms with van der Waals surface area (Å²) in [5.41, 5.74) is 0.586. The molecule has 0 N–H and O–H groups in total. The van der Waals surface area contributed by atoms with Crippen LogP contribution in [-0.4, -0.2) is 18.9 Å². The van der Waals surface area contributed by atoms with Crippen molar-refractivity contribution in [3.63, 3.8) is 0 Å². The Morgan fingerprint density at radius 2 is 1.59 bits per heavy atom. The highest BCUT2D eigenvalue weighted by Crippen LogP contribution is 2.65. The van der Waals surface area contributed by atoms with Crippen molar-refractivity contribution in [2.75, 3.05) is 12.0 Å². The van der Waals surface area contributed by atoms with Gasteiger partial charge in [0.25, 0.3) is 0 Å². The molecule has 4 nitrogen and oxygen atoms in total. The molecular formula is C18H17NO3. The fourth-order valence-corrected chi connectivity index (χ4v) is 5.01. The third-order valence-corrected chi connectivity index (χ3v) is 5.99. The van der Waals surface area contributed by atoms with Gasteiger partial charge in [0.1, 0.15) is 5.75 Å². The van der Waals surface area contributed by atoms with Gasteiger partial charge in [-0.05, 0) is 42.2 Å². The Hall–Kier alpha value is -2.10. The number of carbonyl (C=O) groups is 2. The van der Waals surface area contributed by atoms with E-state index in [-0.39, 0.29) is 35.5 Å². The Morgan fingerprint density at radius 1 is 1.00 bits per heavy atom. The normalized spacial score (nSPS) is 40.7. The highest BCUT2D eigenvalue weighted by molar-refractivity contribution is 6.23. The molecule has 5 aliphatic rings. The summed E-state index contributed by atoms with van der Waals surface area (Å²) in [6.45, 7) is 0. The average Bonchev–Trinajstić information content (AvgIpc) is 3.32. The van der Waals surface area contributed by atoms with Gasteiger partial charge in [-0.25, -0.2) is 4.90 Å². The molecule has 0 spiro atoms. The predicted molar refractivity (Wildman–Crippen MR) is 80.2 cm³/mol. The van der Waals surface area contributed by atoms with E-state index in [9.17, 15) is 9.59 Å². The zero-order chi connectivity index (χ0) is 15.0. The van der Waals surface area contributed by atoms with Crippen molar-refractivity contribution in [3.05, 3.63) is 36.4 Å². The van der Waals surface area contributed by atoms with Gasteiger partial charge in [-0.1, -0.05) is 24.3 Å². The Balaban J connectivity index is 1.60. The van der Waals surface area contributed by atoms with E-state index < -0.39 is 0 Å². The molecule has 4 heteroatoms. The molecule has 6 atom stereocenters. The molecule has 0 unspecified atom stereocenters. The minimum atomic E-state index is -0.156. The Kier molecular flexibility index (Phi) is 2.26. The van der Waals surface area contributed by atoms with Crippen LogP contribution in [-0.2, 0) is 9.59 Å². The molecule has 0 aromatic heterocycles. The Morgan fingerprint density at radius 3 is 2.18 bits per heavy atom. The van der Waals surface area contributed by atoms with Crippen LogP contribution in [0.2, 0.25) is 0 Å². The highest BCUT2D eigenvalue weighted by Gasteiger charge is 2.67. The summed E-state index contributed by atoms with van der Waals surface area (Å²) in [5.74, 6) is 1.97. The molecule has 1 aromatic rings. The first kappa shape index (κ1) is 12.4. The van der Waals surface area contributed by atoms with Crippen molar-refractivity contribution >= 4 is 17.5 Å². The van der Waals surface area contributed by atoms with Crippen molar-refractivity contribution < 1.29 is 14.3 Å². The van der Waals surface area contributed by atoms with Crippen LogP contribution in [0.25, 0.3) is 0 Å². The van der Waals surface area contributed by atoms with E-state index in [2.05, 4.69) is 12.2 Å². The van der Waals surface area contributed by atoms with E-state index in [0.29, 0.717) is 23.3 Å². The second-order valence-electron chi connectivity index (χ2n) is 6.84. The van der Waals surface area contributed by atoms with Crippen LogP contribution in [0.1, 0.15) is 6.42 Å². The highest BCUT2D eigenvalue weighted by atomic mass is 16.5. The van der Waals surface area contributed by atoms with E-state index in [1.165, 1.54) is 11.3 Å². The van der Waals surface area contributed by atoms with Gasteiger partial charge in [-0.3, -0.25) is 9.59 Å². The molecule has 0 radical (unpaired) electrons. The average molecular weight is 295 g/mol. The van der Waals surface area contributed by atoms with Gasteiger partial charge in [0, 0.05) is 0 Å². The summed E-state index contributed by atoms with van der Waals surface area (Å²) in [6.07, 6.45) is 5.57. The number of hydrogen-bond donors (Lipinski definition) is 0. The van der Waals surface area contributed by atoms with Crippen LogP contribution in [0.3, 0.4) is 0 Å². The summed E-state index contributed by atoms with van der Waals surface area (Å²) < 4.78 is 5.35. The molecule has 2 saturated carbocycles. The molecular weight excluding hydrogens is 278 g/mol. The van der Waals surface area contributed by atoms with Crippen molar-refractivity contribution in [3.8, 4) is 5.75 Å². The first-order chi connectivity index (χ1) is 10.7. The zero-order valence-electron chi connectivity index (χ0n) is 12.3. The summed E-state index contributed by atoms with van der Waals surface area (Å²) in [4.78, 5) is 27.4. The molecule has 22 heavy (non-hydrogen) atoms. The summed E-state index contributed by atoms with van der Waals surface area (Å²) in [7, 11) is 1.57. The lowest BCUT2D eigenvalue weighted by molar-refractivity contribution is -0.124. The van der Waals surface area contributed by atoms with Gasteiger partial charge in [0.15, 0.2) is 0 Å². The minimum Gasteiger partial charge on any atom is -0.495 e. The van der Waals surface area contributed by atoms with E-state index in [0.717, 1.165) is 0 Å². The molecule has 1 aromatic carbocycles. The Labute approximate surface area is 128 Å². The van der Waals surface area contributed by atoms with Gasteiger partial charge in [-0.15, -0.1) is 0 Å². The van der Waals surface area contributed by atoms with E-state index in [1.54, 1.807) is 19.2 Å². The molecule has 3 fully saturated rings. The number of nitrogens with zero attached hydrogens (tertiary/aromatic N) is 1. The van der Waals surface area contributed by atoms with Crippen LogP contribution in [0.15, 0.2) is 36.4 Å². The summed E-state index contributed by atoms with van der Waals surface area (Å²) >= 11 is 0. The van der Waals surface area contributed by atoms with Crippen molar-refractivity contribution in [2.45, 2.75) is 6.42 Å². The van der Waals surface area contributed by atoms with Crippen molar-refractivity contribution in [1.29, 1.82) is 0 Å². The molecule has 2 amide bonds. The number of allylic oxidation sites excluding steroid dienone is 2. The van der Waals surface area contributed by atoms with Gasteiger partial charge in [-0.2, -0.15) is 0 Å². The maximum atomic E-state index is 13.0. The maximum absolute atomic E-state index is 13.0. The number of ether oxygens (including phenoxy) is 1. The quantitative estimate of drug-likeness (QED) is 0.621. The van der Waals surface area contributed by atoms with E-state index >= 15 is 0 Å². The molecule has 6 rings (SSSR count). The maximum Gasteiger partial charge on any atom is 0.238 e. The third kappa shape index (κ3) is 1.33. The van der Waals surface area contributed by atoms with Crippen LogP contribution < -0.4 is 9.64 Å². The number of para-hydroxylation sites is 2. The molecule has 1 saturated heterocycles. The van der Waals surface area contributed by atoms with E-state index in [4.69, 9.17) is 4.74 Å². The van der Waals surface area contributed by atoms with Crippen molar-refractivity contribution in [1.82, 2.24) is 0 Å². The molecule has 1 heterocycles. The minimum absolute atomic E-state index is 0.0378. The third-order valence-electron chi connectivity index (χ3n) is 5.99. The standard InChI is InChI=1S/C18H17NO3/c1-22-14-5-3-2-4-13(14)19-17(20)15-9-6-7-10(12-8-11(9)12)16(15)18(19)21/h2-7,9-12,15-16H,8H2,1H3/t9-,10+,11-,12-,15+,16+/m1/s1. The fraction of sp³-hybridized carbons (Fsp3) is 0.444. The number of imide groups is 1. The molecule has 112 valence electrons. The molecule has 4 aliphatic carbocycles. The van der Waals surface area contributed by atoms with Gasteiger partial charge >= 0.3 is 0 Å².